The number of aliphatic hydroxyl groups excluding tert-OH is 1. The topological polar surface area (TPSA) is 66.6 Å². The van der Waals surface area contributed by atoms with Gasteiger partial charge in [-0.15, -0.1) is 0 Å². The summed E-state index contributed by atoms with van der Waals surface area (Å²) in [6.07, 6.45) is 3.51. The highest BCUT2D eigenvalue weighted by molar-refractivity contribution is 5.02. The van der Waals surface area contributed by atoms with Crippen LogP contribution in [-0.2, 0) is 0 Å². The van der Waals surface area contributed by atoms with E-state index in [1.807, 2.05) is 4.90 Å². The van der Waals surface area contributed by atoms with E-state index < -0.39 is 4.92 Å². The van der Waals surface area contributed by atoms with Crippen LogP contribution in [0.2, 0.25) is 0 Å². The highest BCUT2D eigenvalue weighted by atomic mass is 16.6. The number of rotatable bonds is 4. The average Bonchev–Trinajstić information content (AvgIpc) is 2.48. The Bertz CT molecular complexity index is 215. The van der Waals surface area contributed by atoms with Crippen LogP contribution in [0, 0.1) is 10.1 Å². The molecule has 5 nitrogen and oxygen atoms in total. The summed E-state index contributed by atoms with van der Waals surface area (Å²) >= 11 is 0. The Morgan fingerprint density at radius 2 is 2.46 bits per heavy atom. The molecule has 1 fully saturated rings. The van der Waals surface area contributed by atoms with E-state index in [0.717, 1.165) is 37.8 Å². The molecule has 1 aliphatic heterocycles. The van der Waals surface area contributed by atoms with Gasteiger partial charge in [0.15, 0.2) is 0 Å². The Labute approximate surface area is 76.8 Å². The lowest BCUT2D eigenvalue weighted by Crippen LogP contribution is -2.20. The summed E-state index contributed by atoms with van der Waals surface area (Å²) < 4.78 is 0. The summed E-state index contributed by atoms with van der Waals surface area (Å²) in [6, 6.07) is 0. The fraction of sp³-hybridized carbons (Fsp3) is 0.750. The Hall–Kier alpha value is -1.10. The fourth-order valence-corrected chi connectivity index (χ4v) is 1.54. The molecule has 1 saturated heterocycles. The first-order valence-corrected chi connectivity index (χ1v) is 4.44. The first-order valence-electron chi connectivity index (χ1n) is 4.44. The molecule has 0 bridgehead atoms. The first kappa shape index (κ1) is 9.98. The summed E-state index contributed by atoms with van der Waals surface area (Å²) in [4.78, 5) is 11.8. The molecule has 1 heterocycles. The Kier molecular flexibility index (Phi) is 3.70. The third-order valence-electron chi connectivity index (χ3n) is 2.11. The Balaban J connectivity index is 2.48. The van der Waals surface area contributed by atoms with Crippen molar-refractivity contribution in [3.05, 3.63) is 22.0 Å². The maximum atomic E-state index is 10.2. The SMILES string of the molecule is O=[N+]([O-])C=C1CCCN1CCCO. The molecular formula is C8H14N2O3. The summed E-state index contributed by atoms with van der Waals surface area (Å²) in [7, 11) is 0. The standard InChI is InChI=1S/C8H14N2O3/c11-6-2-5-9-4-1-3-8(9)7-10(12)13/h7,11H,1-6H2. The lowest BCUT2D eigenvalue weighted by molar-refractivity contribution is -0.404. The van der Waals surface area contributed by atoms with Gasteiger partial charge in [0.1, 0.15) is 0 Å². The van der Waals surface area contributed by atoms with E-state index in [2.05, 4.69) is 0 Å². The molecular weight excluding hydrogens is 172 g/mol. The van der Waals surface area contributed by atoms with Gasteiger partial charge in [-0.2, -0.15) is 0 Å². The summed E-state index contributed by atoms with van der Waals surface area (Å²) in [6.45, 7) is 1.73. The van der Waals surface area contributed by atoms with Gasteiger partial charge in [-0.05, 0) is 19.3 Å². The average molecular weight is 186 g/mol. The molecule has 74 valence electrons. The number of hydrogen-bond acceptors (Lipinski definition) is 4. The highest BCUT2D eigenvalue weighted by Crippen LogP contribution is 2.20. The van der Waals surface area contributed by atoms with Gasteiger partial charge >= 0.3 is 0 Å². The summed E-state index contributed by atoms with van der Waals surface area (Å²) in [5, 5.41) is 18.8. The molecule has 0 aromatic rings. The zero-order chi connectivity index (χ0) is 9.68. The van der Waals surface area contributed by atoms with Gasteiger partial charge < -0.3 is 10.0 Å². The van der Waals surface area contributed by atoms with Gasteiger partial charge in [0.25, 0.3) is 6.20 Å². The summed E-state index contributed by atoms with van der Waals surface area (Å²) in [5.41, 5.74) is 0.790. The van der Waals surface area contributed by atoms with Gasteiger partial charge in [0.2, 0.25) is 0 Å². The minimum Gasteiger partial charge on any atom is -0.396 e. The van der Waals surface area contributed by atoms with Gasteiger partial charge in [0.05, 0.1) is 10.6 Å². The normalized spacial score (nSPS) is 19.8. The van der Waals surface area contributed by atoms with Crippen molar-refractivity contribution in [3.8, 4) is 0 Å². The van der Waals surface area contributed by atoms with Gasteiger partial charge in [-0.1, -0.05) is 0 Å². The number of allylic oxidation sites excluding steroid dienone is 1. The van der Waals surface area contributed by atoms with E-state index in [1.54, 1.807) is 0 Å². The van der Waals surface area contributed by atoms with E-state index in [0.29, 0.717) is 6.42 Å². The summed E-state index contributed by atoms with van der Waals surface area (Å²) in [5.74, 6) is 0. The first-order chi connectivity index (χ1) is 6.24. The van der Waals surface area contributed by atoms with Crippen molar-refractivity contribution in [2.75, 3.05) is 19.7 Å². The van der Waals surface area contributed by atoms with Crippen LogP contribution in [0.1, 0.15) is 19.3 Å². The van der Waals surface area contributed by atoms with Crippen molar-refractivity contribution in [3.63, 3.8) is 0 Å². The van der Waals surface area contributed by atoms with E-state index >= 15 is 0 Å². The van der Waals surface area contributed by atoms with E-state index in [4.69, 9.17) is 5.11 Å². The molecule has 0 amide bonds. The molecule has 5 heteroatoms. The number of likely N-dealkylation sites (tertiary alicyclic amines) is 1. The molecule has 0 spiro atoms. The van der Waals surface area contributed by atoms with E-state index in [9.17, 15) is 10.1 Å². The van der Waals surface area contributed by atoms with Crippen LogP contribution in [0.4, 0.5) is 0 Å². The molecule has 13 heavy (non-hydrogen) atoms. The minimum absolute atomic E-state index is 0.141. The van der Waals surface area contributed by atoms with Crippen molar-refractivity contribution in [2.45, 2.75) is 19.3 Å². The lowest BCUT2D eigenvalue weighted by Gasteiger charge is -2.16. The van der Waals surface area contributed by atoms with Crippen LogP contribution in [-0.4, -0.2) is 34.6 Å². The zero-order valence-corrected chi connectivity index (χ0v) is 7.48. The third-order valence-corrected chi connectivity index (χ3v) is 2.11. The van der Waals surface area contributed by atoms with Crippen molar-refractivity contribution < 1.29 is 10.0 Å². The fourth-order valence-electron chi connectivity index (χ4n) is 1.54. The molecule has 0 unspecified atom stereocenters. The van der Waals surface area contributed by atoms with Crippen LogP contribution in [0.25, 0.3) is 0 Å². The Morgan fingerprint density at radius 3 is 3.08 bits per heavy atom. The molecule has 0 atom stereocenters. The monoisotopic (exact) mass is 186 g/mol. The van der Waals surface area contributed by atoms with Crippen LogP contribution in [0.3, 0.4) is 0 Å². The van der Waals surface area contributed by atoms with Crippen LogP contribution >= 0.6 is 0 Å². The van der Waals surface area contributed by atoms with Gasteiger partial charge in [-0.25, -0.2) is 0 Å². The molecule has 0 aromatic heterocycles. The third kappa shape index (κ3) is 3.02. The quantitative estimate of drug-likeness (QED) is 0.515. The molecule has 0 saturated carbocycles. The van der Waals surface area contributed by atoms with Crippen molar-refractivity contribution in [1.29, 1.82) is 0 Å². The molecule has 0 radical (unpaired) electrons. The maximum absolute atomic E-state index is 10.2. The smallest absolute Gasteiger partial charge is 0.253 e. The van der Waals surface area contributed by atoms with Crippen molar-refractivity contribution in [1.82, 2.24) is 4.90 Å². The highest BCUT2D eigenvalue weighted by Gasteiger charge is 2.18. The van der Waals surface area contributed by atoms with Gasteiger partial charge in [0, 0.05) is 19.7 Å². The molecule has 0 aliphatic carbocycles. The van der Waals surface area contributed by atoms with E-state index in [1.165, 1.54) is 0 Å². The second-order valence-corrected chi connectivity index (χ2v) is 3.07. The predicted molar refractivity (Wildman–Crippen MR) is 47.6 cm³/mol. The maximum Gasteiger partial charge on any atom is 0.253 e. The van der Waals surface area contributed by atoms with Crippen LogP contribution < -0.4 is 0 Å². The zero-order valence-electron chi connectivity index (χ0n) is 7.48. The number of aliphatic hydroxyl groups is 1. The van der Waals surface area contributed by atoms with Crippen molar-refractivity contribution in [2.24, 2.45) is 0 Å². The molecule has 1 N–H and O–H groups in total. The van der Waals surface area contributed by atoms with Crippen molar-refractivity contribution >= 4 is 0 Å². The number of nitro groups is 1. The minimum atomic E-state index is -0.410. The number of nitrogens with zero attached hydrogens (tertiary/aromatic N) is 2. The Morgan fingerprint density at radius 1 is 1.69 bits per heavy atom. The second-order valence-electron chi connectivity index (χ2n) is 3.07. The lowest BCUT2D eigenvalue weighted by atomic mass is 10.3. The molecule has 1 aliphatic rings. The van der Waals surface area contributed by atoms with Crippen LogP contribution in [0.5, 0.6) is 0 Å². The van der Waals surface area contributed by atoms with E-state index in [-0.39, 0.29) is 6.61 Å². The predicted octanol–water partition coefficient (Wildman–Crippen LogP) is 0.583. The largest absolute Gasteiger partial charge is 0.396 e. The second kappa shape index (κ2) is 4.81. The van der Waals surface area contributed by atoms with Gasteiger partial charge in [-0.3, -0.25) is 10.1 Å². The van der Waals surface area contributed by atoms with Crippen LogP contribution in [0.15, 0.2) is 11.9 Å². The molecule has 0 aromatic carbocycles. The molecule has 1 rings (SSSR count). The number of hydrogen-bond donors (Lipinski definition) is 1.